The zero-order valence-corrected chi connectivity index (χ0v) is 11.2. The van der Waals surface area contributed by atoms with Gasteiger partial charge in [0.1, 0.15) is 5.75 Å². The van der Waals surface area contributed by atoms with Crippen molar-refractivity contribution in [2.24, 2.45) is 0 Å². The molecule has 0 aromatic heterocycles. The molecule has 3 nitrogen and oxygen atoms in total. The van der Waals surface area contributed by atoms with Gasteiger partial charge in [-0.05, 0) is 35.7 Å². The first-order chi connectivity index (χ1) is 9.69. The van der Waals surface area contributed by atoms with E-state index >= 15 is 0 Å². The maximum atomic E-state index is 11.9. The first kappa shape index (κ1) is 13.8. The Morgan fingerprint density at radius 3 is 2.40 bits per heavy atom. The number of carbonyl (C=O) groups is 1. The van der Waals surface area contributed by atoms with Gasteiger partial charge in [-0.15, -0.1) is 0 Å². The lowest BCUT2D eigenvalue weighted by atomic mass is 9.98. The number of benzene rings is 2. The summed E-state index contributed by atoms with van der Waals surface area (Å²) in [7, 11) is 0. The maximum absolute atomic E-state index is 11.9. The van der Waals surface area contributed by atoms with Gasteiger partial charge in [0.05, 0.1) is 18.1 Å². The SMILES string of the molecule is C[C@@H](CC(=O)Oc1ccc(C#N)cc1)c1ccccc1. The Balaban J connectivity index is 1.93. The van der Waals surface area contributed by atoms with Gasteiger partial charge in [-0.2, -0.15) is 5.26 Å². The Kier molecular flexibility index (Phi) is 4.52. The molecule has 2 aromatic carbocycles. The summed E-state index contributed by atoms with van der Waals surface area (Å²) in [5.41, 5.74) is 1.66. The van der Waals surface area contributed by atoms with Gasteiger partial charge in [0.15, 0.2) is 0 Å². The molecule has 0 bridgehead atoms. The highest BCUT2D eigenvalue weighted by molar-refractivity contribution is 5.73. The molecule has 1 atom stereocenters. The molecule has 0 amide bonds. The highest BCUT2D eigenvalue weighted by Crippen LogP contribution is 2.20. The Labute approximate surface area is 118 Å². The second kappa shape index (κ2) is 6.53. The smallest absolute Gasteiger partial charge is 0.311 e. The molecule has 0 aliphatic rings. The second-order valence-electron chi connectivity index (χ2n) is 4.63. The largest absolute Gasteiger partial charge is 0.427 e. The first-order valence-electron chi connectivity index (χ1n) is 6.45. The van der Waals surface area contributed by atoms with E-state index in [4.69, 9.17) is 10.00 Å². The third-order valence-corrected chi connectivity index (χ3v) is 3.06. The number of hydrogen-bond acceptors (Lipinski definition) is 3. The summed E-state index contributed by atoms with van der Waals surface area (Å²) in [5, 5.41) is 8.70. The fourth-order valence-corrected chi connectivity index (χ4v) is 1.92. The molecule has 0 radical (unpaired) electrons. The predicted octanol–water partition coefficient (Wildman–Crippen LogP) is 3.66. The summed E-state index contributed by atoms with van der Waals surface area (Å²) in [6.07, 6.45) is 0.323. The Bertz CT molecular complexity index is 612. The van der Waals surface area contributed by atoms with Crippen LogP contribution in [0.25, 0.3) is 0 Å². The predicted molar refractivity (Wildman–Crippen MR) is 76.3 cm³/mol. The molecule has 0 saturated heterocycles. The molecule has 0 spiro atoms. The molecule has 0 N–H and O–H groups in total. The molecule has 20 heavy (non-hydrogen) atoms. The van der Waals surface area contributed by atoms with Crippen LogP contribution in [0.4, 0.5) is 0 Å². The molecular weight excluding hydrogens is 250 g/mol. The van der Waals surface area contributed by atoms with Gasteiger partial charge in [-0.3, -0.25) is 4.79 Å². The zero-order chi connectivity index (χ0) is 14.4. The van der Waals surface area contributed by atoms with Crippen molar-refractivity contribution in [1.82, 2.24) is 0 Å². The van der Waals surface area contributed by atoms with Crippen molar-refractivity contribution in [3.8, 4) is 11.8 Å². The fourth-order valence-electron chi connectivity index (χ4n) is 1.92. The number of nitriles is 1. The summed E-state index contributed by atoms with van der Waals surface area (Å²) in [6, 6.07) is 18.4. The van der Waals surface area contributed by atoms with Crippen LogP contribution >= 0.6 is 0 Å². The van der Waals surface area contributed by atoms with Gasteiger partial charge in [0, 0.05) is 0 Å². The first-order valence-corrected chi connectivity index (χ1v) is 6.45. The van der Waals surface area contributed by atoms with Crippen molar-refractivity contribution in [2.75, 3.05) is 0 Å². The molecule has 0 fully saturated rings. The zero-order valence-electron chi connectivity index (χ0n) is 11.2. The average Bonchev–Trinajstić information content (AvgIpc) is 2.49. The second-order valence-corrected chi connectivity index (χ2v) is 4.63. The van der Waals surface area contributed by atoms with Gasteiger partial charge >= 0.3 is 5.97 Å². The quantitative estimate of drug-likeness (QED) is 0.626. The molecule has 0 aliphatic carbocycles. The van der Waals surface area contributed by atoms with E-state index in [0.717, 1.165) is 5.56 Å². The maximum Gasteiger partial charge on any atom is 0.311 e. The monoisotopic (exact) mass is 265 g/mol. The number of carbonyl (C=O) groups excluding carboxylic acids is 1. The van der Waals surface area contributed by atoms with Crippen LogP contribution < -0.4 is 4.74 Å². The van der Waals surface area contributed by atoms with Crippen molar-refractivity contribution in [2.45, 2.75) is 19.3 Å². The number of rotatable bonds is 4. The lowest BCUT2D eigenvalue weighted by Gasteiger charge is -2.11. The fraction of sp³-hybridized carbons (Fsp3) is 0.176. The molecule has 0 aliphatic heterocycles. The summed E-state index contributed by atoms with van der Waals surface area (Å²) >= 11 is 0. The molecule has 0 unspecified atom stereocenters. The van der Waals surface area contributed by atoms with Crippen molar-refractivity contribution >= 4 is 5.97 Å². The molecule has 2 aromatic rings. The Morgan fingerprint density at radius 2 is 1.80 bits per heavy atom. The van der Waals surface area contributed by atoms with Gasteiger partial charge in [0.2, 0.25) is 0 Å². The Hall–Kier alpha value is -2.60. The highest BCUT2D eigenvalue weighted by Gasteiger charge is 2.12. The third-order valence-electron chi connectivity index (χ3n) is 3.06. The van der Waals surface area contributed by atoms with E-state index in [2.05, 4.69) is 0 Å². The molecular formula is C17H15NO2. The van der Waals surface area contributed by atoms with Crippen molar-refractivity contribution in [3.63, 3.8) is 0 Å². The molecule has 2 rings (SSSR count). The van der Waals surface area contributed by atoms with Gasteiger partial charge in [0.25, 0.3) is 0 Å². The number of hydrogen-bond donors (Lipinski definition) is 0. The van der Waals surface area contributed by atoms with Crippen LogP contribution in [0.3, 0.4) is 0 Å². The van der Waals surface area contributed by atoms with Crippen LogP contribution in [-0.4, -0.2) is 5.97 Å². The molecule has 0 saturated carbocycles. The Morgan fingerprint density at radius 1 is 1.15 bits per heavy atom. The van der Waals surface area contributed by atoms with Gasteiger partial charge < -0.3 is 4.74 Å². The number of ether oxygens (including phenoxy) is 1. The van der Waals surface area contributed by atoms with Crippen molar-refractivity contribution in [3.05, 3.63) is 65.7 Å². The summed E-state index contributed by atoms with van der Waals surface area (Å²) in [4.78, 5) is 11.9. The van der Waals surface area contributed by atoms with Gasteiger partial charge in [-0.1, -0.05) is 37.3 Å². The number of esters is 1. The van der Waals surface area contributed by atoms with E-state index < -0.39 is 0 Å². The van der Waals surface area contributed by atoms with E-state index in [1.807, 2.05) is 43.3 Å². The van der Waals surface area contributed by atoms with E-state index in [1.165, 1.54) is 0 Å². The van der Waals surface area contributed by atoms with Crippen LogP contribution in [0.15, 0.2) is 54.6 Å². The average molecular weight is 265 g/mol. The summed E-state index contributed by atoms with van der Waals surface area (Å²) in [5.74, 6) is 0.308. The van der Waals surface area contributed by atoms with Crippen LogP contribution in [0.5, 0.6) is 5.75 Å². The topological polar surface area (TPSA) is 50.1 Å². The minimum Gasteiger partial charge on any atom is -0.427 e. The standard InChI is InChI=1S/C17H15NO2/c1-13(15-5-3-2-4-6-15)11-17(19)20-16-9-7-14(12-18)8-10-16/h2-10,13H,11H2,1H3/t13-/m0/s1. The number of nitrogens with zero attached hydrogens (tertiary/aromatic N) is 1. The van der Waals surface area contributed by atoms with Gasteiger partial charge in [-0.25, -0.2) is 0 Å². The molecule has 3 heteroatoms. The summed E-state index contributed by atoms with van der Waals surface area (Å²) < 4.78 is 5.26. The van der Waals surface area contributed by atoms with E-state index in [9.17, 15) is 4.79 Å². The van der Waals surface area contributed by atoms with E-state index in [0.29, 0.717) is 17.7 Å². The van der Waals surface area contributed by atoms with E-state index in [-0.39, 0.29) is 11.9 Å². The molecule has 0 heterocycles. The normalized spacial score (nSPS) is 11.4. The highest BCUT2D eigenvalue weighted by atomic mass is 16.5. The van der Waals surface area contributed by atoms with Crippen LogP contribution in [0, 0.1) is 11.3 Å². The third kappa shape index (κ3) is 3.69. The lowest BCUT2D eigenvalue weighted by Crippen LogP contribution is -2.11. The summed E-state index contributed by atoms with van der Waals surface area (Å²) in [6.45, 7) is 2.00. The van der Waals surface area contributed by atoms with Crippen LogP contribution in [-0.2, 0) is 4.79 Å². The minimum absolute atomic E-state index is 0.113. The van der Waals surface area contributed by atoms with Crippen LogP contribution in [0.1, 0.15) is 30.4 Å². The van der Waals surface area contributed by atoms with Crippen molar-refractivity contribution < 1.29 is 9.53 Å². The lowest BCUT2D eigenvalue weighted by molar-refractivity contribution is -0.134. The van der Waals surface area contributed by atoms with E-state index in [1.54, 1.807) is 24.3 Å². The minimum atomic E-state index is -0.272. The van der Waals surface area contributed by atoms with Crippen molar-refractivity contribution in [1.29, 1.82) is 5.26 Å². The molecule has 100 valence electrons. The van der Waals surface area contributed by atoms with Crippen LogP contribution in [0.2, 0.25) is 0 Å².